The second kappa shape index (κ2) is 3.15. The van der Waals surface area contributed by atoms with Gasteiger partial charge in [0.15, 0.2) is 5.78 Å². The van der Waals surface area contributed by atoms with E-state index in [4.69, 9.17) is 0 Å². The summed E-state index contributed by atoms with van der Waals surface area (Å²) in [5, 5.41) is 4.11. The zero-order valence-corrected chi connectivity index (χ0v) is 9.06. The lowest BCUT2D eigenvalue weighted by Gasteiger charge is -2.15. The van der Waals surface area contributed by atoms with Gasteiger partial charge in [0.05, 0.1) is 23.5 Å². The molecule has 0 aliphatic heterocycles. The number of nitrogens with zero attached hydrogens (tertiary/aromatic N) is 3. The fourth-order valence-corrected chi connectivity index (χ4v) is 1.41. The van der Waals surface area contributed by atoms with Crippen LogP contribution in [0.3, 0.4) is 0 Å². The van der Waals surface area contributed by atoms with E-state index in [0.717, 1.165) is 5.52 Å². The maximum absolute atomic E-state index is 12.1. The van der Waals surface area contributed by atoms with Gasteiger partial charge in [-0.05, 0) is 0 Å². The topological polar surface area (TPSA) is 47.3 Å². The Labute approximate surface area is 87.9 Å². The number of aromatic nitrogens is 3. The van der Waals surface area contributed by atoms with Crippen LogP contribution in [0.5, 0.6) is 0 Å². The number of fused-ring (bicyclic) bond motifs is 1. The molecule has 0 radical (unpaired) electrons. The molecule has 0 unspecified atom stereocenters. The molecule has 0 saturated heterocycles. The van der Waals surface area contributed by atoms with Crippen LogP contribution in [0.1, 0.15) is 31.1 Å². The van der Waals surface area contributed by atoms with Crippen LogP contribution in [-0.4, -0.2) is 20.4 Å². The number of rotatable bonds is 1. The molecule has 15 heavy (non-hydrogen) atoms. The van der Waals surface area contributed by atoms with E-state index >= 15 is 0 Å². The zero-order chi connectivity index (χ0) is 11.1. The molecule has 78 valence electrons. The van der Waals surface area contributed by atoms with Gasteiger partial charge in [0.25, 0.3) is 0 Å². The summed E-state index contributed by atoms with van der Waals surface area (Å²) in [7, 11) is 0. The van der Waals surface area contributed by atoms with E-state index in [1.54, 1.807) is 29.3 Å². The number of ketones is 1. The van der Waals surface area contributed by atoms with Crippen molar-refractivity contribution in [1.82, 2.24) is 14.6 Å². The molecule has 0 aliphatic rings. The molecule has 0 spiro atoms. The Hall–Kier alpha value is -1.71. The van der Waals surface area contributed by atoms with Gasteiger partial charge >= 0.3 is 0 Å². The Morgan fingerprint density at radius 2 is 2.07 bits per heavy atom. The fraction of sp³-hybridized carbons (Fsp3) is 0.364. The predicted molar refractivity (Wildman–Crippen MR) is 56.8 cm³/mol. The van der Waals surface area contributed by atoms with Gasteiger partial charge in [-0.2, -0.15) is 5.10 Å². The van der Waals surface area contributed by atoms with Crippen LogP contribution >= 0.6 is 0 Å². The van der Waals surface area contributed by atoms with Crippen molar-refractivity contribution in [2.75, 3.05) is 0 Å². The van der Waals surface area contributed by atoms with Gasteiger partial charge in [-0.3, -0.25) is 9.78 Å². The summed E-state index contributed by atoms with van der Waals surface area (Å²) in [4.78, 5) is 16.1. The third-order valence-corrected chi connectivity index (χ3v) is 2.25. The number of hydrogen-bond acceptors (Lipinski definition) is 3. The van der Waals surface area contributed by atoms with Crippen molar-refractivity contribution >= 4 is 11.3 Å². The minimum atomic E-state index is -0.390. The second-order valence-corrected chi connectivity index (χ2v) is 4.54. The molecule has 2 aromatic heterocycles. The highest BCUT2D eigenvalue weighted by Gasteiger charge is 2.25. The first-order valence-electron chi connectivity index (χ1n) is 4.82. The highest BCUT2D eigenvalue weighted by atomic mass is 16.1. The van der Waals surface area contributed by atoms with Crippen LogP contribution in [0.25, 0.3) is 5.52 Å². The van der Waals surface area contributed by atoms with Crippen molar-refractivity contribution < 1.29 is 4.79 Å². The summed E-state index contributed by atoms with van der Waals surface area (Å²) in [5.74, 6) is 0.0884. The largest absolute Gasteiger partial charge is 0.293 e. The van der Waals surface area contributed by atoms with Gasteiger partial charge in [0, 0.05) is 17.8 Å². The maximum Gasteiger partial charge on any atom is 0.172 e. The number of Topliss-reactive ketones (excluding diaryl/α,β-unsaturated/α-hetero) is 1. The Balaban J connectivity index is 2.58. The summed E-state index contributed by atoms with van der Waals surface area (Å²) in [5.41, 5.74) is 1.01. The van der Waals surface area contributed by atoms with Crippen LogP contribution in [0.15, 0.2) is 24.8 Å². The van der Waals surface area contributed by atoms with Crippen LogP contribution in [0, 0.1) is 5.41 Å². The smallest absolute Gasteiger partial charge is 0.172 e. The summed E-state index contributed by atoms with van der Waals surface area (Å²) in [6.45, 7) is 5.69. The molecule has 0 saturated carbocycles. The molecular formula is C11H13N3O. The standard InChI is InChI=1S/C11H13N3O/c1-11(2,3)10(15)8-6-13-14-5-4-12-7-9(8)14/h4-7H,1-3H3. The Bertz CT molecular complexity index is 508. The molecule has 0 bridgehead atoms. The molecule has 0 N–H and O–H groups in total. The molecular weight excluding hydrogens is 190 g/mol. The van der Waals surface area contributed by atoms with Crippen LogP contribution in [0.4, 0.5) is 0 Å². The maximum atomic E-state index is 12.1. The molecule has 4 heteroatoms. The van der Waals surface area contributed by atoms with E-state index in [1.807, 2.05) is 20.8 Å². The highest BCUT2D eigenvalue weighted by molar-refractivity contribution is 6.04. The van der Waals surface area contributed by atoms with Gasteiger partial charge in [-0.25, -0.2) is 4.52 Å². The average Bonchev–Trinajstić information content (AvgIpc) is 2.58. The van der Waals surface area contributed by atoms with Crippen LogP contribution < -0.4 is 0 Å². The van der Waals surface area contributed by atoms with Crippen molar-refractivity contribution in [2.24, 2.45) is 5.41 Å². The first-order chi connectivity index (χ1) is 7.00. The molecule has 0 atom stereocenters. The van der Waals surface area contributed by atoms with Gasteiger partial charge in [0.2, 0.25) is 0 Å². The van der Waals surface area contributed by atoms with E-state index in [2.05, 4.69) is 10.1 Å². The van der Waals surface area contributed by atoms with Gasteiger partial charge in [-0.15, -0.1) is 0 Å². The molecule has 0 aliphatic carbocycles. The van der Waals surface area contributed by atoms with Gasteiger partial charge < -0.3 is 0 Å². The SMILES string of the molecule is CC(C)(C)C(=O)c1cnn2ccncc12. The Kier molecular flexibility index (Phi) is 2.07. The summed E-state index contributed by atoms with van der Waals surface area (Å²) >= 11 is 0. The molecule has 2 rings (SSSR count). The van der Waals surface area contributed by atoms with E-state index in [-0.39, 0.29) is 11.2 Å². The lowest BCUT2D eigenvalue weighted by atomic mass is 9.87. The summed E-state index contributed by atoms with van der Waals surface area (Å²) in [6, 6.07) is 0. The van der Waals surface area contributed by atoms with E-state index in [9.17, 15) is 4.79 Å². The minimum absolute atomic E-state index is 0.0884. The Morgan fingerprint density at radius 1 is 1.33 bits per heavy atom. The number of hydrogen-bond donors (Lipinski definition) is 0. The Morgan fingerprint density at radius 3 is 2.73 bits per heavy atom. The number of carbonyl (C=O) groups is 1. The van der Waals surface area contributed by atoms with Crippen molar-refractivity contribution in [1.29, 1.82) is 0 Å². The van der Waals surface area contributed by atoms with Crippen molar-refractivity contribution in [3.63, 3.8) is 0 Å². The molecule has 2 heterocycles. The lowest BCUT2D eigenvalue weighted by molar-refractivity contribution is 0.0860. The monoisotopic (exact) mass is 203 g/mol. The fourth-order valence-electron chi connectivity index (χ4n) is 1.41. The molecule has 0 aromatic carbocycles. The second-order valence-electron chi connectivity index (χ2n) is 4.54. The molecule has 0 fully saturated rings. The minimum Gasteiger partial charge on any atom is -0.293 e. The first kappa shape index (κ1) is 9.83. The van der Waals surface area contributed by atoms with Gasteiger partial charge in [0.1, 0.15) is 0 Å². The average molecular weight is 203 g/mol. The highest BCUT2D eigenvalue weighted by Crippen LogP contribution is 2.22. The molecule has 0 amide bonds. The third-order valence-electron chi connectivity index (χ3n) is 2.25. The van der Waals surface area contributed by atoms with E-state index < -0.39 is 0 Å². The van der Waals surface area contributed by atoms with E-state index in [1.165, 1.54) is 0 Å². The van der Waals surface area contributed by atoms with Crippen molar-refractivity contribution in [3.05, 3.63) is 30.4 Å². The van der Waals surface area contributed by atoms with Crippen LogP contribution in [-0.2, 0) is 0 Å². The third kappa shape index (κ3) is 1.63. The quantitative estimate of drug-likeness (QED) is 0.665. The van der Waals surface area contributed by atoms with E-state index in [0.29, 0.717) is 5.56 Å². The summed E-state index contributed by atoms with van der Waals surface area (Å²) in [6.07, 6.45) is 6.64. The molecule has 4 nitrogen and oxygen atoms in total. The first-order valence-corrected chi connectivity index (χ1v) is 4.82. The van der Waals surface area contributed by atoms with Gasteiger partial charge in [-0.1, -0.05) is 20.8 Å². The summed E-state index contributed by atoms with van der Waals surface area (Å²) < 4.78 is 1.66. The normalized spacial score (nSPS) is 11.9. The zero-order valence-electron chi connectivity index (χ0n) is 9.06. The van der Waals surface area contributed by atoms with Crippen LogP contribution in [0.2, 0.25) is 0 Å². The number of carbonyl (C=O) groups excluding carboxylic acids is 1. The van der Waals surface area contributed by atoms with Crippen molar-refractivity contribution in [2.45, 2.75) is 20.8 Å². The van der Waals surface area contributed by atoms with Crippen molar-refractivity contribution in [3.8, 4) is 0 Å². The molecule has 2 aromatic rings. The lowest BCUT2D eigenvalue weighted by Crippen LogP contribution is -2.19. The predicted octanol–water partition coefficient (Wildman–Crippen LogP) is 1.96.